The second-order valence-electron chi connectivity index (χ2n) is 7.68. The third-order valence-electron chi connectivity index (χ3n) is 5.32. The summed E-state index contributed by atoms with van der Waals surface area (Å²) in [5, 5.41) is 17.9. The number of hydrogen-bond acceptors (Lipinski definition) is 5. The number of carbonyl (C=O) groups excluding carboxylic acids is 3. The van der Waals surface area contributed by atoms with Crippen molar-refractivity contribution < 1.29 is 24.3 Å². The number of aromatic nitrogens is 1. The van der Waals surface area contributed by atoms with Gasteiger partial charge in [-0.2, -0.15) is 0 Å². The normalized spacial score (nSPS) is 23.6. The molecule has 1 aromatic heterocycles. The fourth-order valence-electron chi connectivity index (χ4n) is 3.62. The first kappa shape index (κ1) is 22.3. The first-order valence-electron chi connectivity index (χ1n) is 10.3. The fourth-order valence-corrected chi connectivity index (χ4v) is 3.62. The van der Waals surface area contributed by atoms with Gasteiger partial charge in [0.05, 0.1) is 12.5 Å². The number of carboxylic acid groups (broad SMARTS) is 1. The summed E-state index contributed by atoms with van der Waals surface area (Å²) in [4.78, 5) is 52.4. The number of aromatic amines is 1. The summed E-state index contributed by atoms with van der Waals surface area (Å²) in [5.41, 5.74) is 7.66. The van der Waals surface area contributed by atoms with Crippen molar-refractivity contribution in [3.05, 3.63) is 36.0 Å². The number of nitrogens with two attached hydrogens (primary N) is 1. The Morgan fingerprint density at radius 3 is 2.55 bits per heavy atom. The van der Waals surface area contributed by atoms with Crippen molar-refractivity contribution in [3.8, 4) is 0 Å². The number of hydrogen-bond donors (Lipinski definition) is 6. The minimum atomic E-state index is -1.25. The molecule has 1 aliphatic rings. The second kappa shape index (κ2) is 10.1. The van der Waals surface area contributed by atoms with Gasteiger partial charge >= 0.3 is 5.97 Å². The van der Waals surface area contributed by atoms with Gasteiger partial charge in [0.15, 0.2) is 0 Å². The Morgan fingerprint density at radius 2 is 1.77 bits per heavy atom. The molecule has 10 heteroatoms. The lowest BCUT2D eigenvalue weighted by Crippen LogP contribution is -2.56. The van der Waals surface area contributed by atoms with E-state index < -0.39 is 48.2 Å². The minimum Gasteiger partial charge on any atom is -0.481 e. The van der Waals surface area contributed by atoms with Gasteiger partial charge in [-0.15, -0.1) is 0 Å². The summed E-state index contributed by atoms with van der Waals surface area (Å²) < 4.78 is 0. The lowest BCUT2D eigenvalue weighted by atomic mass is 10.0. The monoisotopic (exact) mass is 429 g/mol. The molecular formula is C21H27N5O5. The molecule has 2 heterocycles. The average molecular weight is 429 g/mol. The topological polar surface area (TPSA) is 166 Å². The van der Waals surface area contributed by atoms with Crippen LogP contribution in [0.25, 0.3) is 10.9 Å². The molecule has 3 amide bonds. The van der Waals surface area contributed by atoms with Crippen LogP contribution in [0, 0.1) is 0 Å². The predicted octanol–water partition coefficient (Wildman–Crippen LogP) is -0.218. The number of amides is 3. The second-order valence-corrected chi connectivity index (χ2v) is 7.68. The lowest BCUT2D eigenvalue weighted by molar-refractivity contribution is -0.141. The zero-order valence-electron chi connectivity index (χ0n) is 17.0. The highest BCUT2D eigenvalue weighted by molar-refractivity contribution is 5.95. The summed E-state index contributed by atoms with van der Waals surface area (Å²) in [7, 11) is 0. The highest BCUT2D eigenvalue weighted by atomic mass is 16.4. The van der Waals surface area contributed by atoms with E-state index in [-0.39, 0.29) is 6.42 Å². The maximum atomic E-state index is 13.0. The quantitative estimate of drug-likeness (QED) is 0.393. The number of carbonyl (C=O) groups is 4. The Balaban J connectivity index is 1.87. The van der Waals surface area contributed by atoms with E-state index in [0.717, 1.165) is 16.5 Å². The standard InChI is InChI=1S/C21H27N5O5/c22-14-6-3-4-8-23-20(30)17(10-18(27)28)26-21(31)16(25-19(14)29)9-12-11-24-15-7-2-1-5-13(12)15/h1-2,5,7,11,14,16-17,24H,3-4,6,8-10,22H2,(H,23,30)(H,25,29)(H,26,31)(H,27,28)/t14-,16+,17-/m0/s1. The van der Waals surface area contributed by atoms with E-state index in [1.807, 2.05) is 24.3 Å². The molecule has 1 aliphatic heterocycles. The summed E-state index contributed by atoms with van der Waals surface area (Å²) in [6.45, 7) is 0.304. The molecule has 31 heavy (non-hydrogen) atoms. The summed E-state index contributed by atoms with van der Waals surface area (Å²) >= 11 is 0. The predicted molar refractivity (Wildman–Crippen MR) is 113 cm³/mol. The Labute approximate surface area is 178 Å². The number of para-hydroxylation sites is 1. The molecule has 7 N–H and O–H groups in total. The molecule has 10 nitrogen and oxygen atoms in total. The van der Waals surface area contributed by atoms with Gasteiger partial charge in [-0.05, 0) is 30.9 Å². The molecule has 0 spiro atoms. The van der Waals surface area contributed by atoms with E-state index in [0.29, 0.717) is 25.8 Å². The van der Waals surface area contributed by atoms with Crippen LogP contribution in [-0.4, -0.2) is 58.5 Å². The smallest absolute Gasteiger partial charge is 0.305 e. The molecule has 0 radical (unpaired) electrons. The van der Waals surface area contributed by atoms with Crippen molar-refractivity contribution in [1.29, 1.82) is 0 Å². The maximum Gasteiger partial charge on any atom is 0.305 e. The van der Waals surface area contributed by atoms with Gasteiger partial charge in [-0.25, -0.2) is 0 Å². The van der Waals surface area contributed by atoms with Crippen molar-refractivity contribution in [2.45, 2.75) is 50.2 Å². The molecule has 0 aliphatic carbocycles. The molecular weight excluding hydrogens is 402 g/mol. The first-order chi connectivity index (χ1) is 14.8. The molecule has 0 bridgehead atoms. The van der Waals surface area contributed by atoms with Crippen LogP contribution in [-0.2, 0) is 25.6 Å². The molecule has 1 fully saturated rings. The average Bonchev–Trinajstić information content (AvgIpc) is 3.14. The van der Waals surface area contributed by atoms with Crippen LogP contribution in [0.1, 0.15) is 31.2 Å². The van der Waals surface area contributed by atoms with Gasteiger partial charge in [0.25, 0.3) is 0 Å². The number of carboxylic acids is 1. The number of H-pyrrole nitrogens is 1. The van der Waals surface area contributed by atoms with E-state index >= 15 is 0 Å². The molecule has 0 saturated carbocycles. The third-order valence-corrected chi connectivity index (χ3v) is 5.32. The van der Waals surface area contributed by atoms with E-state index in [2.05, 4.69) is 20.9 Å². The molecule has 3 atom stereocenters. The van der Waals surface area contributed by atoms with Crippen LogP contribution in [0.2, 0.25) is 0 Å². The van der Waals surface area contributed by atoms with Crippen LogP contribution in [0.5, 0.6) is 0 Å². The van der Waals surface area contributed by atoms with Gasteiger partial charge < -0.3 is 31.8 Å². The van der Waals surface area contributed by atoms with Crippen LogP contribution >= 0.6 is 0 Å². The summed E-state index contributed by atoms with van der Waals surface area (Å²) in [6, 6.07) is 4.47. The molecule has 0 unspecified atom stereocenters. The van der Waals surface area contributed by atoms with Crippen molar-refractivity contribution in [1.82, 2.24) is 20.9 Å². The van der Waals surface area contributed by atoms with Crippen molar-refractivity contribution >= 4 is 34.6 Å². The van der Waals surface area contributed by atoms with Gasteiger partial charge in [0.2, 0.25) is 17.7 Å². The number of fused-ring (bicyclic) bond motifs is 1. The van der Waals surface area contributed by atoms with Gasteiger partial charge in [0, 0.05) is 30.1 Å². The SMILES string of the molecule is N[C@H]1CCCCNC(=O)[C@H](CC(=O)O)NC(=O)[C@@H](Cc2c[nH]c3ccccc23)NC1=O. The molecule has 1 aromatic carbocycles. The van der Waals surface area contributed by atoms with Crippen molar-refractivity contribution in [2.24, 2.45) is 5.73 Å². The van der Waals surface area contributed by atoms with Gasteiger partial charge in [-0.3, -0.25) is 19.2 Å². The fraction of sp³-hybridized carbons (Fsp3) is 0.429. The number of nitrogens with one attached hydrogen (secondary N) is 4. The summed E-state index contributed by atoms with van der Waals surface area (Å²) in [6.07, 6.45) is 2.93. The van der Waals surface area contributed by atoms with E-state index in [1.54, 1.807) is 6.20 Å². The largest absolute Gasteiger partial charge is 0.481 e. The molecule has 3 rings (SSSR count). The van der Waals surface area contributed by atoms with Crippen LogP contribution in [0.3, 0.4) is 0 Å². The molecule has 2 aromatic rings. The van der Waals surface area contributed by atoms with E-state index in [1.165, 1.54) is 0 Å². The lowest BCUT2D eigenvalue weighted by Gasteiger charge is -2.23. The van der Waals surface area contributed by atoms with Gasteiger partial charge in [0.1, 0.15) is 12.1 Å². The highest BCUT2D eigenvalue weighted by Crippen LogP contribution is 2.19. The van der Waals surface area contributed by atoms with Crippen LogP contribution in [0.15, 0.2) is 30.5 Å². The Hall–Kier alpha value is -3.40. The van der Waals surface area contributed by atoms with E-state index in [9.17, 15) is 19.2 Å². The third kappa shape index (κ3) is 5.82. The molecule has 166 valence electrons. The summed E-state index contributed by atoms with van der Waals surface area (Å²) in [5.74, 6) is -2.90. The maximum absolute atomic E-state index is 13.0. The Bertz CT molecular complexity index is 972. The first-order valence-corrected chi connectivity index (χ1v) is 10.3. The van der Waals surface area contributed by atoms with Crippen molar-refractivity contribution in [2.75, 3.05) is 6.54 Å². The Morgan fingerprint density at radius 1 is 1.03 bits per heavy atom. The number of rotatable bonds is 4. The van der Waals surface area contributed by atoms with Gasteiger partial charge in [-0.1, -0.05) is 18.2 Å². The highest BCUT2D eigenvalue weighted by Gasteiger charge is 2.30. The number of aliphatic carboxylic acids is 1. The van der Waals surface area contributed by atoms with Crippen LogP contribution in [0.4, 0.5) is 0 Å². The Kier molecular flexibility index (Phi) is 7.24. The van der Waals surface area contributed by atoms with Crippen molar-refractivity contribution in [3.63, 3.8) is 0 Å². The minimum absolute atomic E-state index is 0.149. The molecule has 1 saturated heterocycles. The zero-order valence-corrected chi connectivity index (χ0v) is 17.0. The van der Waals surface area contributed by atoms with Crippen LogP contribution < -0.4 is 21.7 Å². The van der Waals surface area contributed by atoms with E-state index in [4.69, 9.17) is 10.8 Å². The number of benzene rings is 1. The zero-order chi connectivity index (χ0) is 22.4.